The van der Waals surface area contributed by atoms with Crippen LogP contribution in [0.4, 0.5) is 0 Å². The second-order valence-electron chi connectivity index (χ2n) is 7.16. The van der Waals surface area contributed by atoms with Gasteiger partial charge in [0.2, 0.25) is 0 Å². The van der Waals surface area contributed by atoms with Gasteiger partial charge in [-0.3, -0.25) is 19.1 Å². The quantitative estimate of drug-likeness (QED) is 0.697. The molecule has 3 aromatic heterocycles. The minimum absolute atomic E-state index is 0.0413. The summed E-state index contributed by atoms with van der Waals surface area (Å²) in [7, 11) is 1.87. The fraction of sp³-hybridized carbons (Fsp3) is 0.500. The zero-order valence-electron chi connectivity index (χ0n) is 16.3. The molecule has 0 unspecified atom stereocenters. The Morgan fingerprint density at radius 2 is 2.14 bits per heavy atom. The zero-order valence-corrected chi connectivity index (χ0v) is 16.3. The molecule has 1 atom stereocenters. The summed E-state index contributed by atoms with van der Waals surface area (Å²) in [5, 5.41) is 18.1. The fourth-order valence-corrected chi connectivity index (χ4v) is 3.81. The number of hydrogen-bond acceptors (Lipinski definition) is 5. The summed E-state index contributed by atoms with van der Waals surface area (Å²) < 4.78 is 3.41. The molecule has 0 bridgehead atoms. The summed E-state index contributed by atoms with van der Waals surface area (Å²) >= 11 is 0. The molecule has 1 saturated heterocycles. The molecule has 4 heterocycles. The van der Waals surface area contributed by atoms with Crippen LogP contribution in [-0.4, -0.2) is 58.6 Å². The lowest BCUT2D eigenvalue weighted by Crippen LogP contribution is -2.40. The average Bonchev–Trinajstić information content (AvgIpc) is 3.41. The van der Waals surface area contributed by atoms with Crippen molar-refractivity contribution >= 4 is 5.91 Å². The maximum absolute atomic E-state index is 13.0. The van der Waals surface area contributed by atoms with Crippen LogP contribution >= 0.6 is 0 Å². The van der Waals surface area contributed by atoms with Gasteiger partial charge in [-0.15, -0.1) is 0 Å². The Bertz CT molecular complexity index is 1060. The first kappa shape index (κ1) is 18.2. The molecule has 2 N–H and O–H groups in total. The smallest absolute Gasteiger partial charge is 0.337 e. The number of aromatic nitrogens is 7. The summed E-state index contributed by atoms with van der Waals surface area (Å²) in [6.45, 7) is 5.65. The maximum Gasteiger partial charge on any atom is 0.343 e. The van der Waals surface area contributed by atoms with E-state index in [2.05, 4.69) is 25.5 Å². The van der Waals surface area contributed by atoms with Gasteiger partial charge in [0, 0.05) is 43.9 Å². The van der Waals surface area contributed by atoms with Gasteiger partial charge in [0.05, 0.1) is 11.9 Å². The van der Waals surface area contributed by atoms with Gasteiger partial charge in [-0.1, -0.05) is 0 Å². The minimum Gasteiger partial charge on any atom is -0.337 e. The Hall–Kier alpha value is -3.17. The number of carbonyl (C=O) groups excluding carboxylic acids is 1. The molecule has 10 heteroatoms. The third-order valence-electron chi connectivity index (χ3n) is 5.50. The summed E-state index contributed by atoms with van der Waals surface area (Å²) in [6.07, 6.45) is 3.51. The standard InChI is InChI=1S/C18H24N8O2/c1-4-26-16(22-23-18(26)28)12-6-5-7-25(10-12)17(27)15-8-14(20-21-15)13-9-19-24(3)11(13)2/h8-9,12H,4-7,10H2,1-3H3,(H,20,21)(H,23,28)/t12-/m1/s1. The lowest BCUT2D eigenvalue weighted by molar-refractivity contribution is 0.0697. The third kappa shape index (κ3) is 3.04. The van der Waals surface area contributed by atoms with Crippen molar-refractivity contribution in [3.8, 4) is 11.3 Å². The highest BCUT2D eigenvalue weighted by molar-refractivity contribution is 5.93. The number of likely N-dealkylation sites (tertiary alicyclic amines) is 1. The molecule has 0 saturated carbocycles. The lowest BCUT2D eigenvalue weighted by Gasteiger charge is -2.31. The van der Waals surface area contributed by atoms with Crippen molar-refractivity contribution in [1.29, 1.82) is 0 Å². The number of aromatic amines is 2. The molecule has 3 aromatic rings. The van der Waals surface area contributed by atoms with Gasteiger partial charge in [-0.2, -0.15) is 15.3 Å². The summed E-state index contributed by atoms with van der Waals surface area (Å²) in [5.41, 5.74) is 2.84. The molecular weight excluding hydrogens is 360 g/mol. The van der Waals surface area contributed by atoms with Crippen LogP contribution < -0.4 is 5.69 Å². The number of rotatable bonds is 4. The van der Waals surface area contributed by atoms with E-state index < -0.39 is 0 Å². The van der Waals surface area contributed by atoms with Crippen LogP contribution in [0, 0.1) is 6.92 Å². The molecule has 0 radical (unpaired) electrons. The van der Waals surface area contributed by atoms with Crippen molar-refractivity contribution in [3.63, 3.8) is 0 Å². The second-order valence-corrected chi connectivity index (χ2v) is 7.16. The molecular formula is C18H24N8O2. The predicted molar refractivity (Wildman–Crippen MR) is 102 cm³/mol. The van der Waals surface area contributed by atoms with Gasteiger partial charge in [0.15, 0.2) is 0 Å². The molecule has 10 nitrogen and oxygen atoms in total. The van der Waals surface area contributed by atoms with Crippen LogP contribution in [0.2, 0.25) is 0 Å². The first-order valence-corrected chi connectivity index (χ1v) is 9.48. The third-order valence-corrected chi connectivity index (χ3v) is 5.50. The van der Waals surface area contributed by atoms with Crippen LogP contribution in [0.5, 0.6) is 0 Å². The molecule has 148 valence electrons. The molecule has 1 amide bonds. The predicted octanol–water partition coefficient (Wildman–Crippen LogP) is 1.04. The van der Waals surface area contributed by atoms with E-state index in [1.54, 1.807) is 26.4 Å². The van der Waals surface area contributed by atoms with Crippen molar-refractivity contribution in [3.05, 3.63) is 40.0 Å². The number of nitrogens with zero attached hydrogens (tertiary/aromatic N) is 6. The van der Waals surface area contributed by atoms with E-state index in [4.69, 9.17) is 0 Å². The van der Waals surface area contributed by atoms with Crippen LogP contribution in [0.15, 0.2) is 17.1 Å². The Morgan fingerprint density at radius 1 is 1.32 bits per heavy atom. The highest BCUT2D eigenvalue weighted by atomic mass is 16.2. The number of nitrogens with one attached hydrogen (secondary N) is 2. The van der Waals surface area contributed by atoms with Gasteiger partial charge in [-0.25, -0.2) is 9.89 Å². The average molecular weight is 384 g/mol. The van der Waals surface area contributed by atoms with Gasteiger partial charge in [0.25, 0.3) is 5.91 Å². The number of hydrogen-bond donors (Lipinski definition) is 2. The molecule has 28 heavy (non-hydrogen) atoms. The first-order chi connectivity index (χ1) is 13.5. The van der Waals surface area contributed by atoms with E-state index in [-0.39, 0.29) is 17.5 Å². The topological polar surface area (TPSA) is 117 Å². The van der Waals surface area contributed by atoms with E-state index in [0.717, 1.165) is 29.9 Å². The van der Waals surface area contributed by atoms with Crippen molar-refractivity contribution < 1.29 is 4.79 Å². The number of aryl methyl sites for hydroxylation is 1. The molecule has 0 spiro atoms. The Labute approximate surface area is 161 Å². The SMILES string of the molecule is CCn1c([C@@H]2CCCN(C(=O)c3cc(-c4cnn(C)c4C)n[nH]3)C2)n[nH]c1=O. The fourth-order valence-electron chi connectivity index (χ4n) is 3.81. The van der Waals surface area contributed by atoms with E-state index in [9.17, 15) is 9.59 Å². The Kier molecular flexibility index (Phi) is 4.62. The van der Waals surface area contributed by atoms with Crippen LogP contribution in [-0.2, 0) is 13.6 Å². The van der Waals surface area contributed by atoms with Gasteiger partial charge >= 0.3 is 5.69 Å². The monoisotopic (exact) mass is 384 g/mol. The maximum atomic E-state index is 13.0. The number of piperidine rings is 1. The Balaban J connectivity index is 1.53. The van der Waals surface area contributed by atoms with Crippen molar-refractivity contribution in [2.45, 2.75) is 39.2 Å². The van der Waals surface area contributed by atoms with Gasteiger partial charge in [-0.05, 0) is 32.8 Å². The molecule has 4 rings (SSSR count). The van der Waals surface area contributed by atoms with Crippen molar-refractivity contribution in [2.24, 2.45) is 7.05 Å². The highest BCUT2D eigenvalue weighted by Crippen LogP contribution is 2.27. The zero-order chi connectivity index (χ0) is 19.8. The molecule has 1 fully saturated rings. The van der Waals surface area contributed by atoms with E-state index in [1.165, 1.54) is 0 Å². The number of carbonyl (C=O) groups is 1. The van der Waals surface area contributed by atoms with Gasteiger partial charge < -0.3 is 4.90 Å². The summed E-state index contributed by atoms with van der Waals surface area (Å²) in [4.78, 5) is 26.7. The van der Waals surface area contributed by atoms with Crippen molar-refractivity contribution in [2.75, 3.05) is 13.1 Å². The minimum atomic E-state index is -0.203. The normalized spacial score (nSPS) is 17.2. The van der Waals surface area contributed by atoms with Crippen LogP contribution in [0.25, 0.3) is 11.3 Å². The Morgan fingerprint density at radius 3 is 2.86 bits per heavy atom. The molecule has 1 aliphatic heterocycles. The number of H-pyrrole nitrogens is 2. The molecule has 1 aliphatic rings. The number of amides is 1. The van der Waals surface area contributed by atoms with Crippen LogP contribution in [0.1, 0.15) is 47.7 Å². The summed E-state index contributed by atoms with van der Waals surface area (Å²) in [5.74, 6) is 0.673. The van der Waals surface area contributed by atoms with Crippen LogP contribution in [0.3, 0.4) is 0 Å². The van der Waals surface area contributed by atoms with E-state index >= 15 is 0 Å². The largest absolute Gasteiger partial charge is 0.343 e. The first-order valence-electron chi connectivity index (χ1n) is 9.48. The van der Waals surface area contributed by atoms with Gasteiger partial charge in [0.1, 0.15) is 11.5 Å². The van der Waals surface area contributed by atoms with Crippen molar-refractivity contribution in [1.82, 2.24) is 39.6 Å². The highest BCUT2D eigenvalue weighted by Gasteiger charge is 2.29. The lowest BCUT2D eigenvalue weighted by atomic mass is 9.96. The van der Waals surface area contributed by atoms with E-state index in [0.29, 0.717) is 31.0 Å². The summed E-state index contributed by atoms with van der Waals surface area (Å²) in [6, 6.07) is 1.77. The van der Waals surface area contributed by atoms with E-state index in [1.807, 2.05) is 20.9 Å². The molecule has 0 aliphatic carbocycles. The second kappa shape index (κ2) is 7.10. The molecule has 0 aromatic carbocycles.